The molecule has 0 aromatic heterocycles. The molecule has 0 aliphatic heterocycles. The molecule has 0 heterocycles. The van der Waals surface area contributed by atoms with Crippen LogP contribution in [0.3, 0.4) is 0 Å². The van der Waals surface area contributed by atoms with Gasteiger partial charge in [-0.05, 0) is 57.4 Å². The summed E-state index contributed by atoms with van der Waals surface area (Å²) >= 11 is 0. The summed E-state index contributed by atoms with van der Waals surface area (Å²) in [7, 11) is 0. The maximum Gasteiger partial charge on any atom is 0.326 e. The first-order valence-electron chi connectivity index (χ1n) is 17.2. The van der Waals surface area contributed by atoms with E-state index in [0.717, 1.165) is 0 Å². The summed E-state index contributed by atoms with van der Waals surface area (Å²) in [5.41, 5.74) is 21.8. The van der Waals surface area contributed by atoms with Gasteiger partial charge in [0.2, 0.25) is 35.4 Å². The minimum absolute atomic E-state index is 0.0429. The van der Waals surface area contributed by atoms with Gasteiger partial charge in [0.15, 0.2) is 5.96 Å². The summed E-state index contributed by atoms with van der Waals surface area (Å²) in [5.74, 6) is -9.79. The van der Waals surface area contributed by atoms with Crippen molar-refractivity contribution in [2.24, 2.45) is 33.8 Å². The molecule has 17 N–H and O–H groups in total. The largest absolute Gasteiger partial charge is 0.481 e. The molecule has 0 aliphatic rings. The lowest BCUT2D eigenvalue weighted by Crippen LogP contribution is -2.57. The van der Waals surface area contributed by atoms with E-state index in [1.807, 2.05) is 0 Å². The molecule has 5 atom stereocenters. The Labute approximate surface area is 311 Å². The third-order valence-electron chi connectivity index (χ3n) is 7.56. The number of hydrogen-bond acceptors (Lipinski definition) is 12. The maximum absolute atomic E-state index is 13.2. The van der Waals surface area contributed by atoms with Crippen LogP contribution in [0.4, 0.5) is 0 Å². The van der Waals surface area contributed by atoms with Gasteiger partial charge < -0.3 is 70.2 Å². The van der Waals surface area contributed by atoms with Crippen molar-refractivity contribution < 1.29 is 58.5 Å². The number of nitrogens with two attached hydrogens (primary N) is 4. The monoisotopic (exact) mass is 773 g/mol. The molecule has 0 saturated heterocycles. The Balaban J connectivity index is 5.33. The molecule has 0 spiro atoms. The molecular formula is C31H55N11O12. The Morgan fingerprint density at radius 3 is 1.67 bits per heavy atom. The lowest BCUT2D eigenvalue weighted by molar-refractivity contribution is -0.143. The standard InChI is InChI=1S/C31H55N11O12/c1-16(2)25(42-28(51)19(9-11-24(47)48)40-26(49)17(33)6-5-13-36-31(34)35)29(52)38-14-21(43)37-15-22(44)39-18(8-10-23(45)46)27(50)41-20(30(53)54)7-3-4-12-32/h16-20,25H,3-15,32-33H2,1-2H3,(H,37,43)(H,38,52)(H,39,44)(H,40,49)(H,41,50)(H,42,51)(H,45,46)(H,47,48)(H,53,54)(H4,34,35,36)/t17-,18-,19-,20-,25-/m0/s1. The first kappa shape index (κ1) is 48.4. The molecule has 0 aromatic rings. The van der Waals surface area contributed by atoms with Crippen molar-refractivity contribution in [2.75, 3.05) is 26.2 Å². The highest BCUT2D eigenvalue weighted by molar-refractivity contribution is 5.95. The molecule has 0 rings (SSSR count). The van der Waals surface area contributed by atoms with Crippen molar-refractivity contribution in [1.29, 1.82) is 0 Å². The van der Waals surface area contributed by atoms with Crippen LogP contribution in [0.5, 0.6) is 0 Å². The van der Waals surface area contributed by atoms with Crippen LogP contribution in [-0.4, -0.2) is 131 Å². The summed E-state index contributed by atoms with van der Waals surface area (Å²) in [6.45, 7) is 2.26. The SMILES string of the molecule is CC(C)[C@H](NC(=O)[C@H](CCC(=O)O)NC(=O)[C@@H](N)CCCN=C(N)N)C(=O)NCC(=O)NCC(=O)N[C@@H](CCC(=O)O)C(=O)N[C@@H](CCCCN)C(=O)O. The van der Waals surface area contributed by atoms with E-state index in [4.69, 9.17) is 33.1 Å². The Morgan fingerprint density at radius 2 is 1.15 bits per heavy atom. The fraction of sp³-hybridized carbons (Fsp3) is 0.677. The molecule has 0 radical (unpaired) electrons. The number of aliphatic imine (C=N–C) groups is 1. The quantitative estimate of drug-likeness (QED) is 0.0201. The van der Waals surface area contributed by atoms with Crippen molar-refractivity contribution in [3.8, 4) is 0 Å². The number of hydrogen-bond donors (Lipinski definition) is 13. The van der Waals surface area contributed by atoms with E-state index in [0.29, 0.717) is 25.8 Å². The van der Waals surface area contributed by atoms with E-state index in [9.17, 15) is 48.3 Å². The molecular weight excluding hydrogens is 718 g/mol. The Morgan fingerprint density at radius 1 is 0.611 bits per heavy atom. The van der Waals surface area contributed by atoms with Crippen LogP contribution in [0, 0.1) is 5.92 Å². The highest BCUT2D eigenvalue weighted by atomic mass is 16.4. The fourth-order valence-corrected chi connectivity index (χ4v) is 4.58. The summed E-state index contributed by atoms with van der Waals surface area (Å²) in [6, 6.07) is -6.50. The Bertz CT molecular complexity index is 1340. The number of rotatable bonds is 28. The number of carbonyl (C=O) groups excluding carboxylic acids is 6. The van der Waals surface area contributed by atoms with Gasteiger partial charge in [0.05, 0.1) is 19.1 Å². The molecule has 0 unspecified atom stereocenters. The van der Waals surface area contributed by atoms with E-state index in [1.165, 1.54) is 0 Å². The summed E-state index contributed by atoms with van der Waals surface area (Å²) in [5, 5.41) is 41.5. The molecule has 23 nitrogen and oxygen atoms in total. The van der Waals surface area contributed by atoms with E-state index < -0.39 is 115 Å². The average Bonchev–Trinajstić information content (AvgIpc) is 3.09. The minimum atomic E-state index is -1.45. The topological polar surface area (TPSA) is 403 Å². The molecule has 306 valence electrons. The van der Waals surface area contributed by atoms with Gasteiger partial charge in [-0.25, -0.2) is 4.79 Å². The minimum Gasteiger partial charge on any atom is -0.481 e. The maximum atomic E-state index is 13.2. The van der Waals surface area contributed by atoms with Crippen molar-refractivity contribution in [2.45, 2.75) is 102 Å². The number of unbranched alkanes of at least 4 members (excludes halogenated alkanes) is 1. The van der Waals surface area contributed by atoms with Crippen LogP contribution in [0.1, 0.15) is 71.6 Å². The summed E-state index contributed by atoms with van der Waals surface area (Å²) < 4.78 is 0. The number of carboxylic acids is 3. The van der Waals surface area contributed by atoms with E-state index >= 15 is 0 Å². The van der Waals surface area contributed by atoms with Gasteiger partial charge in [0, 0.05) is 19.4 Å². The number of nitrogens with one attached hydrogen (secondary N) is 6. The van der Waals surface area contributed by atoms with Crippen LogP contribution in [0.25, 0.3) is 0 Å². The Hall–Kier alpha value is -5.58. The molecule has 23 heteroatoms. The van der Waals surface area contributed by atoms with E-state index in [2.05, 4.69) is 36.9 Å². The molecule has 0 aliphatic carbocycles. The second kappa shape index (κ2) is 26.2. The van der Waals surface area contributed by atoms with Crippen LogP contribution < -0.4 is 54.8 Å². The lowest BCUT2D eigenvalue weighted by Gasteiger charge is -2.26. The van der Waals surface area contributed by atoms with Crippen LogP contribution >= 0.6 is 0 Å². The zero-order valence-electron chi connectivity index (χ0n) is 30.4. The number of nitrogens with zero attached hydrogens (tertiary/aromatic N) is 1. The second-order valence-corrected chi connectivity index (χ2v) is 12.5. The zero-order valence-corrected chi connectivity index (χ0v) is 30.4. The number of carboxylic acid groups (broad SMARTS) is 3. The van der Waals surface area contributed by atoms with E-state index in [1.54, 1.807) is 13.8 Å². The van der Waals surface area contributed by atoms with Gasteiger partial charge in [0.25, 0.3) is 0 Å². The second-order valence-electron chi connectivity index (χ2n) is 12.5. The van der Waals surface area contributed by atoms with Gasteiger partial charge in [-0.1, -0.05) is 13.8 Å². The molecule has 0 bridgehead atoms. The molecule has 0 saturated carbocycles. The predicted molar refractivity (Wildman–Crippen MR) is 191 cm³/mol. The lowest BCUT2D eigenvalue weighted by atomic mass is 10.0. The van der Waals surface area contributed by atoms with Crippen molar-refractivity contribution >= 4 is 59.3 Å². The first-order chi connectivity index (χ1) is 25.3. The van der Waals surface area contributed by atoms with Gasteiger partial charge in [0.1, 0.15) is 24.2 Å². The number of amides is 6. The summed E-state index contributed by atoms with van der Waals surface area (Å²) in [4.78, 5) is 114. The highest BCUT2D eigenvalue weighted by Gasteiger charge is 2.31. The fourth-order valence-electron chi connectivity index (χ4n) is 4.58. The van der Waals surface area contributed by atoms with Gasteiger partial charge >= 0.3 is 17.9 Å². The van der Waals surface area contributed by atoms with Crippen molar-refractivity contribution in [3.05, 3.63) is 0 Å². The number of guanidine groups is 1. The van der Waals surface area contributed by atoms with Gasteiger partial charge in [-0.15, -0.1) is 0 Å². The molecule has 6 amide bonds. The van der Waals surface area contributed by atoms with Gasteiger partial charge in [-0.3, -0.25) is 43.3 Å². The normalized spacial score (nSPS) is 13.5. The zero-order chi connectivity index (χ0) is 41.4. The molecule has 0 fully saturated rings. The van der Waals surface area contributed by atoms with Crippen LogP contribution in [-0.2, 0) is 43.2 Å². The summed E-state index contributed by atoms with van der Waals surface area (Å²) in [6.07, 6.45) is -0.367. The van der Waals surface area contributed by atoms with Crippen molar-refractivity contribution in [1.82, 2.24) is 31.9 Å². The Kier molecular flexibility index (Phi) is 23.5. The number of carbonyl (C=O) groups is 9. The van der Waals surface area contributed by atoms with Crippen molar-refractivity contribution in [3.63, 3.8) is 0 Å². The third-order valence-corrected chi connectivity index (χ3v) is 7.56. The highest BCUT2D eigenvalue weighted by Crippen LogP contribution is 2.07. The predicted octanol–water partition coefficient (Wildman–Crippen LogP) is -4.86. The smallest absolute Gasteiger partial charge is 0.326 e. The number of aliphatic carboxylic acids is 3. The third kappa shape index (κ3) is 21.7. The molecule has 54 heavy (non-hydrogen) atoms. The first-order valence-corrected chi connectivity index (χ1v) is 17.2. The van der Waals surface area contributed by atoms with Crippen LogP contribution in [0.2, 0.25) is 0 Å². The molecule has 0 aromatic carbocycles. The average molecular weight is 774 g/mol. The van der Waals surface area contributed by atoms with Gasteiger partial charge in [-0.2, -0.15) is 0 Å². The van der Waals surface area contributed by atoms with Crippen LogP contribution in [0.15, 0.2) is 4.99 Å². The van der Waals surface area contributed by atoms with E-state index in [-0.39, 0.29) is 38.2 Å².